The number of nitrogens with two attached hydrogens (primary N) is 1. The highest BCUT2D eigenvalue weighted by molar-refractivity contribution is 5.93. The van der Waals surface area contributed by atoms with Gasteiger partial charge >= 0.3 is 0 Å². The molecule has 0 spiro atoms. The Morgan fingerprint density at radius 3 is 2.39 bits per heavy atom. The average Bonchev–Trinajstić information content (AvgIpc) is 3.12. The van der Waals surface area contributed by atoms with Crippen molar-refractivity contribution in [1.29, 1.82) is 0 Å². The number of hydrogen-bond donors (Lipinski definition) is 3. The van der Waals surface area contributed by atoms with Gasteiger partial charge < -0.3 is 16.4 Å². The molecule has 4 aliphatic rings. The van der Waals surface area contributed by atoms with Crippen LogP contribution in [0.2, 0.25) is 0 Å². The summed E-state index contributed by atoms with van der Waals surface area (Å²) in [5, 5.41) is 5.67. The number of hydrogen-bond acceptors (Lipinski definition) is 4. The van der Waals surface area contributed by atoms with Crippen LogP contribution in [0.1, 0.15) is 54.7 Å². The number of primary amides is 1. The van der Waals surface area contributed by atoms with Crippen molar-refractivity contribution in [2.24, 2.45) is 28.9 Å². The van der Waals surface area contributed by atoms with E-state index in [0.29, 0.717) is 17.0 Å². The van der Waals surface area contributed by atoms with Crippen LogP contribution in [0.25, 0.3) is 5.65 Å². The quantitative estimate of drug-likeness (QED) is 0.624. The number of pyridine rings is 1. The lowest BCUT2D eigenvalue weighted by Crippen LogP contribution is -2.51. The summed E-state index contributed by atoms with van der Waals surface area (Å²) in [6.45, 7) is 0.535. The largest absolute Gasteiger partial charge is 0.368 e. The van der Waals surface area contributed by atoms with Crippen LogP contribution in [0.3, 0.4) is 0 Å². The summed E-state index contributed by atoms with van der Waals surface area (Å²) in [4.78, 5) is 40.3. The SMILES string of the molecule is NC(=O)CNC(=O)Cc1cn2c(C(=O)NCC34CC5CC(CC(C5)C3)C4)cccc2n1. The van der Waals surface area contributed by atoms with Gasteiger partial charge in [-0.3, -0.25) is 18.8 Å². The zero-order valence-corrected chi connectivity index (χ0v) is 17.6. The molecule has 0 saturated heterocycles. The predicted octanol–water partition coefficient (Wildman–Crippen LogP) is 1.42. The molecule has 6 rings (SSSR count). The minimum Gasteiger partial charge on any atom is -0.368 e. The topological polar surface area (TPSA) is 119 Å². The summed E-state index contributed by atoms with van der Waals surface area (Å²) in [6, 6.07) is 5.39. The van der Waals surface area contributed by atoms with Crippen molar-refractivity contribution in [3.05, 3.63) is 35.8 Å². The summed E-state index contributed by atoms with van der Waals surface area (Å²) in [6.07, 6.45) is 9.63. The van der Waals surface area contributed by atoms with E-state index in [-0.39, 0.29) is 30.2 Å². The fraction of sp³-hybridized carbons (Fsp3) is 0.565. The van der Waals surface area contributed by atoms with E-state index in [0.717, 1.165) is 24.3 Å². The van der Waals surface area contributed by atoms with E-state index >= 15 is 0 Å². The molecule has 4 bridgehead atoms. The van der Waals surface area contributed by atoms with Crippen LogP contribution in [0.4, 0.5) is 0 Å². The third-order valence-electron chi connectivity index (χ3n) is 7.37. The van der Waals surface area contributed by atoms with Crippen LogP contribution in [-0.2, 0) is 16.0 Å². The highest BCUT2D eigenvalue weighted by Gasteiger charge is 2.50. The van der Waals surface area contributed by atoms with Crippen molar-refractivity contribution >= 4 is 23.4 Å². The van der Waals surface area contributed by atoms with Gasteiger partial charge in [-0.15, -0.1) is 0 Å². The molecule has 164 valence electrons. The van der Waals surface area contributed by atoms with Gasteiger partial charge in [0.1, 0.15) is 11.3 Å². The first-order chi connectivity index (χ1) is 14.9. The number of carbonyl (C=O) groups excluding carboxylic acids is 3. The highest BCUT2D eigenvalue weighted by Crippen LogP contribution is 2.59. The van der Waals surface area contributed by atoms with Crippen LogP contribution in [0, 0.1) is 23.2 Å². The third kappa shape index (κ3) is 4.03. The van der Waals surface area contributed by atoms with Gasteiger partial charge in [0.15, 0.2) is 0 Å². The summed E-state index contributed by atoms with van der Waals surface area (Å²) < 4.78 is 1.73. The van der Waals surface area contributed by atoms with E-state index in [1.54, 1.807) is 28.8 Å². The van der Waals surface area contributed by atoms with Crippen molar-refractivity contribution in [1.82, 2.24) is 20.0 Å². The molecule has 0 unspecified atom stereocenters. The van der Waals surface area contributed by atoms with E-state index in [9.17, 15) is 14.4 Å². The van der Waals surface area contributed by atoms with Crippen molar-refractivity contribution < 1.29 is 14.4 Å². The molecule has 2 heterocycles. The molecule has 4 fully saturated rings. The van der Waals surface area contributed by atoms with Gasteiger partial charge in [-0.1, -0.05) is 6.07 Å². The first-order valence-corrected chi connectivity index (χ1v) is 11.2. The zero-order valence-electron chi connectivity index (χ0n) is 17.6. The Balaban J connectivity index is 1.27. The number of aromatic nitrogens is 2. The Morgan fingerprint density at radius 2 is 1.74 bits per heavy atom. The number of imidazole rings is 1. The Labute approximate surface area is 181 Å². The van der Waals surface area contributed by atoms with Crippen molar-refractivity contribution in [3.8, 4) is 0 Å². The first kappa shape index (κ1) is 20.0. The molecule has 2 aromatic heterocycles. The van der Waals surface area contributed by atoms with Crippen molar-refractivity contribution in [3.63, 3.8) is 0 Å². The van der Waals surface area contributed by atoms with E-state index in [2.05, 4.69) is 15.6 Å². The second kappa shape index (κ2) is 7.66. The maximum absolute atomic E-state index is 13.1. The smallest absolute Gasteiger partial charge is 0.268 e. The van der Waals surface area contributed by atoms with E-state index in [1.165, 1.54) is 38.5 Å². The number of carbonyl (C=O) groups is 3. The second-order valence-electron chi connectivity index (χ2n) is 9.89. The maximum atomic E-state index is 13.1. The van der Waals surface area contributed by atoms with E-state index in [1.807, 2.05) is 0 Å². The van der Waals surface area contributed by atoms with Crippen LogP contribution in [0.5, 0.6) is 0 Å². The Bertz CT molecular complexity index is 1010. The lowest BCUT2D eigenvalue weighted by molar-refractivity contribution is -0.124. The van der Waals surface area contributed by atoms with Crippen LogP contribution >= 0.6 is 0 Å². The normalized spacial score (nSPS) is 28.6. The lowest BCUT2D eigenvalue weighted by Gasteiger charge is -2.56. The van der Waals surface area contributed by atoms with Crippen LogP contribution in [-0.4, -0.2) is 40.2 Å². The number of nitrogens with one attached hydrogen (secondary N) is 2. The molecule has 4 aliphatic carbocycles. The monoisotopic (exact) mass is 423 g/mol. The van der Waals surface area contributed by atoms with Gasteiger partial charge in [-0.2, -0.15) is 0 Å². The van der Waals surface area contributed by atoms with Gasteiger partial charge in [0.2, 0.25) is 11.8 Å². The number of nitrogens with zero attached hydrogens (tertiary/aromatic N) is 2. The average molecular weight is 424 g/mol. The van der Waals surface area contributed by atoms with Gasteiger partial charge in [0, 0.05) is 12.7 Å². The molecule has 3 amide bonds. The molecule has 0 radical (unpaired) electrons. The number of rotatable bonds is 7. The molecule has 2 aromatic rings. The highest BCUT2D eigenvalue weighted by atomic mass is 16.2. The third-order valence-corrected chi connectivity index (χ3v) is 7.37. The van der Waals surface area contributed by atoms with Gasteiger partial charge in [-0.25, -0.2) is 4.98 Å². The van der Waals surface area contributed by atoms with Gasteiger partial charge in [0.05, 0.1) is 18.7 Å². The number of amides is 3. The molecule has 8 nitrogen and oxygen atoms in total. The van der Waals surface area contributed by atoms with Gasteiger partial charge in [-0.05, 0) is 73.8 Å². The maximum Gasteiger partial charge on any atom is 0.268 e. The molecule has 31 heavy (non-hydrogen) atoms. The lowest BCUT2D eigenvalue weighted by atomic mass is 9.49. The summed E-state index contributed by atoms with van der Waals surface area (Å²) in [5.41, 5.74) is 6.98. The molecule has 4 N–H and O–H groups in total. The van der Waals surface area contributed by atoms with Crippen molar-refractivity contribution in [2.75, 3.05) is 13.1 Å². The Kier molecular flexibility index (Phi) is 4.95. The fourth-order valence-corrected chi connectivity index (χ4v) is 6.61. The molecule has 4 saturated carbocycles. The van der Waals surface area contributed by atoms with Crippen LogP contribution in [0.15, 0.2) is 24.4 Å². The van der Waals surface area contributed by atoms with Gasteiger partial charge in [0.25, 0.3) is 5.91 Å². The summed E-state index contributed by atoms with van der Waals surface area (Å²) in [5.74, 6) is 1.51. The molecular formula is C23H29N5O3. The summed E-state index contributed by atoms with van der Waals surface area (Å²) in [7, 11) is 0. The minimum absolute atomic E-state index is 0.0172. The van der Waals surface area contributed by atoms with E-state index in [4.69, 9.17) is 5.73 Å². The number of fused-ring (bicyclic) bond motifs is 1. The van der Waals surface area contributed by atoms with Crippen LogP contribution < -0.4 is 16.4 Å². The molecule has 0 aromatic carbocycles. The minimum atomic E-state index is -0.596. The second-order valence-corrected chi connectivity index (χ2v) is 9.89. The Hall–Kier alpha value is -2.90. The Morgan fingerprint density at radius 1 is 1.06 bits per heavy atom. The van der Waals surface area contributed by atoms with Crippen molar-refractivity contribution in [2.45, 2.75) is 44.9 Å². The molecule has 8 heteroatoms. The molecular weight excluding hydrogens is 394 g/mol. The summed E-state index contributed by atoms with van der Waals surface area (Å²) >= 11 is 0. The fourth-order valence-electron chi connectivity index (χ4n) is 6.61. The zero-order chi connectivity index (χ0) is 21.6. The first-order valence-electron chi connectivity index (χ1n) is 11.2. The standard InChI is InChI=1S/C23H29N5O3/c24-19(29)11-25-21(30)7-17-12-28-18(2-1-3-20(28)27-17)22(31)26-13-23-8-14-4-15(9-23)6-16(5-14)10-23/h1-3,12,14-16H,4-11,13H2,(H2,24,29)(H,25,30)(H,26,31). The predicted molar refractivity (Wildman–Crippen MR) is 114 cm³/mol. The van der Waals surface area contributed by atoms with E-state index < -0.39 is 5.91 Å². The molecule has 0 aliphatic heterocycles. The molecule has 0 atom stereocenters.